The van der Waals surface area contributed by atoms with Crippen LogP contribution in [0.15, 0.2) is 42.5 Å². The quantitative estimate of drug-likeness (QED) is 0.792. The van der Waals surface area contributed by atoms with Crippen LogP contribution in [0.25, 0.3) is 0 Å². The highest BCUT2D eigenvalue weighted by Crippen LogP contribution is 2.53. The van der Waals surface area contributed by atoms with Crippen molar-refractivity contribution in [2.75, 3.05) is 6.61 Å². The van der Waals surface area contributed by atoms with E-state index in [1.54, 1.807) is 0 Å². The van der Waals surface area contributed by atoms with Crippen LogP contribution in [0.4, 0.5) is 0 Å². The van der Waals surface area contributed by atoms with Crippen molar-refractivity contribution < 1.29 is 14.3 Å². The van der Waals surface area contributed by atoms with E-state index < -0.39 is 5.79 Å². The van der Waals surface area contributed by atoms with Gasteiger partial charge in [0.2, 0.25) is 5.79 Å². The molecule has 104 valence electrons. The zero-order valence-corrected chi connectivity index (χ0v) is 11.5. The maximum absolute atomic E-state index is 12.6. The van der Waals surface area contributed by atoms with E-state index >= 15 is 0 Å². The largest absolute Gasteiger partial charge is 0.343 e. The van der Waals surface area contributed by atoms with Crippen molar-refractivity contribution in [1.29, 1.82) is 0 Å². The van der Waals surface area contributed by atoms with E-state index in [4.69, 9.17) is 9.47 Å². The zero-order chi connectivity index (χ0) is 13.7. The van der Waals surface area contributed by atoms with Gasteiger partial charge in [-0.05, 0) is 24.8 Å². The van der Waals surface area contributed by atoms with Crippen molar-refractivity contribution in [2.24, 2.45) is 17.8 Å². The molecule has 3 heteroatoms. The molecule has 3 nitrogen and oxygen atoms in total. The first-order chi connectivity index (χ1) is 9.71. The van der Waals surface area contributed by atoms with Crippen LogP contribution in [-0.4, -0.2) is 18.2 Å². The molecule has 2 fully saturated rings. The van der Waals surface area contributed by atoms with E-state index in [1.165, 1.54) is 0 Å². The summed E-state index contributed by atoms with van der Waals surface area (Å²) in [6.45, 7) is 2.62. The number of hydrogen-bond donors (Lipinski definition) is 0. The molecule has 5 atom stereocenters. The highest BCUT2D eigenvalue weighted by molar-refractivity contribution is 5.92. The van der Waals surface area contributed by atoms with Crippen molar-refractivity contribution in [2.45, 2.75) is 25.2 Å². The average Bonchev–Trinajstić information content (AvgIpc) is 2.81. The molecular formula is C17H18O3. The maximum atomic E-state index is 12.6. The molecular weight excluding hydrogens is 252 g/mol. The van der Waals surface area contributed by atoms with Crippen LogP contribution in [0.3, 0.4) is 0 Å². The van der Waals surface area contributed by atoms with Gasteiger partial charge in [0, 0.05) is 11.8 Å². The molecule has 20 heavy (non-hydrogen) atoms. The van der Waals surface area contributed by atoms with Gasteiger partial charge in [0.25, 0.3) is 0 Å². The molecule has 0 spiro atoms. The predicted octanol–water partition coefficient (Wildman–Crippen LogP) is 2.88. The first kappa shape index (κ1) is 12.3. The highest BCUT2D eigenvalue weighted by atomic mass is 16.7. The van der Waals surface area contributed by atoms with Gasteiger partial charge in [-0.1, -0.05) is 42.5 Å². The van der Waals surface area contributed by atoms with Gasteiger partial charge in [0.15, 0.2) is 5.78 Å². The molecule has 4 aliphatic rings. The Morgan fingerprint density at radius 3 is 2.90 bits per heavy atom. The second kappa shape index (κ2) is 4.27. The summed E-state index contributed by atoms with van der Waals surface area (Å²) in [7, 11) is 0. The fourth-order valence-corrected chi connectivity index (χ4v) is 3.81. The van der Waals surface area contributed by atoms with Gasteiger partial charge in [-0.25, -0.2) is 0 Å². The molecule has 0 N–H and O–H groups in total. The van der Waals surface area contributed by atoms with Crippen molar-refractivity contribution in [1.82, 2.24) is 0 Å². The molecule has 4 bridgehead atoms. The van der Waals surface area contributed by atoms with E-state index in [0.29, 0.717) is 12.5 Å². The molecule has 1 aromatic carbocycles. The third-order valence-corrected chi connectivity index (χ3v) is 4.87. The molecule has 0 aromatic heterocycles. The van der Waals surface area contributed by atoms with E-state index in [9.17, 15) is 4.79 Å². The van der Waals surface area contributed by atoms with Crippen LogP contribution in [-0.2, 0) is 14.3 Å². The Labute approximate surface area is 118 Å². The fraction of sp³-hybridized carbons (Fsp3) is 0.471. The summed E-state index contributed by atoms with van der Waals surface area (Å²) in [6.07, 6.45) is 4.94. The average molecular weight is 270 g/mol. The third kappa shape index (κ3) is 1.57. The van der Waals surface area contributed by atoms with Crippen molar-refractivity contribution >= 4 is 5.78 Å². The van der Waals surface area contributed by atoms with Crippen LogP contribution in [0, 0.1) is 17.8 Å². The summed E-state index contributed by atoms with van der Waals surface area (Å²) in [5, 5.41) is 0. The minimum absolute atomic E-state index is 0.0181. The van der Waals surface area contributed by atoms with E-state index in [0.717, 1.165) is 12.0 Å². The lowest BCUT2D eigenvalue weighted by Crippen LogP contribution is -2.55. The number of allylic oxidation sites excluding steroid dienone is 1. The second-order valence-corrected chi connectivity index (χ2v) is 6.03. The number of hydrogen-bond acceptors (Lipinski definition) is 3. The van der Waals surface area contributed by atoms with Gasteiger partial charge in [0.05, 0.1) is 12.7 Å². The third-order valence-electron chi connectivity index (χ3n) is 4.87. The summed E-state index contributed by atoms with van der Waals surface area (Å²) in [4.78, 5) is 12.6. The molecule has 0 unspecified atom stereocenters. The number of benzene rings is 1. The number of carbonyl (C=O) groups excluding carboxylic acids is 1. The minimum atomic E-state index is -1.03. The van der Waals surface area contributed by atoms with Gasteiger partial charge in [-0.15, -0.1) is 0 Å². The molecule has 0 amide bonds. The molecule has 5 rings (SSSR count). The zero-order valence-electron chi connectivity index (χ0n) is 11.5. The SMILES string of the molecule is C[C@H](O[C@@]12OC[C@H]3C[C@H](C=C[C@H]31)C2=O)c1ccccc1. The monoisotopic (exact) mass is 270 g/mol. The Morgan fingerprint density at radius 1 is 1.30 bits per heavy atom. The highest BCUT2D eigenvalue weighted by Gasteiger charge is 2.63. The Morgan fingerprint density at radius 2 is 2.10 bits per heavy atom. The molecule has 1 saturated heterocycles. The van der Waals surface area contributed by atoms with E-state index in [2.05, 4.69) is 6.08 Å². The number of Topliss-reactive ketones (excluding diaryl/α,β-unsaturated/α-hetero) is 1. The van der Waals surface area contributed by atoms with Crippen LogP contribution in [0.2, 0.25) is 0 Å². The molecule has 1 aliphatic heterocycles. The Kier molecular flexibility index (Phi) is 2.63. The van der Waals surface area contributed by atoms with Gasteiger partial charge in [0.1, 0.15) is 0 Å². The predicted molar refractivity (Wildman–Crippen MR) is 73.9 cm³/mol. The smallest absolute Gasteiger partial charge is 0.236 e. The summed E-state index contributed by atoms with van der Waals surface area (Å²) in [5.41, 5.74) is 1.08. The first-order valence-electron chi connectivity index (χ1n) is 7.30. The molecule has 1 saturated carbocycles. The second-order valence-electron chi connectivity index (χ2n) is 6.03. The lowest BCUT2D eigenvalue weighted by atomic mass is 9.67. The van der Waals surface area contributed by atoms with E-state index in [1.807, 2.05) is 43.3 Å². The first-order valence-corrected chi connectivity index (χ1v) is 7.30. The van der Waals surface area contributed by atoms with Gasteiger partial charge in [-0.2, -0.15) is 0 Å². The minimum Gasteiger partial charge on any atom is -0.343 e. The van der Waals surface area contributed by atoms with Crippen LogP contribution >= 0.6 is 0 Å². The normalized spacial score (nSPS) is 39.2. The van der Waals surface area contributed by atoms with E-state index in [-0.39, 0.29) is 23.7 Å². The maximum Gasteiger partial charge on any atom is 0.236 e. The Balaban J connectivity index is 1.65. The Hall–Kier alpha value is -1.45. The topological polar surface area (TPSA) is 35.5 Å². The summed E-state index contributed by atoms with van der Waals surface area (Å²) >= 11 is 0. The van der Waals surface area contributed by atoms with Crippen LogP contribution in [0.5, 0.6) is 0 Å². The van der Waals surface area contributed by atoms with Gasteiger partial charge in [-0.3, -0.25) is 4.79 Å². The number of ether oxygens (including phenoxy) is 2. The van der Waals surface area contributed by atoms with Crippen molar-refractivity contribution in [3.05, 3.63) is 48.0 Å². The molecule has 3 aliphatic carbocycles. The standard InChI is InChI=1S/C17H18O3/c1-11(12-5-3-2-4-6-12)20-17-15-8-7-13(16(17)18)9-14(15)10-19-17/h2-8,11,13-15H,9-10H2,1H3/t11-,13-,14+,15+,17-/m0/s1. The summed E-state index contributed by atoms with van der Waals surface area (Å²) in [5.74, 6) is -0.411. The molecule has 0 radical (unpaired) electrons. The molecule has 1 heterocycles. The Bertz CT molecular complexity index is 565. The lowest BCUT2D eigenvalue weighted by molar-refractivity contribution is -0.242. The number of rotatable bonds is 3. The summed E-state index contributed by atoms with van der Waals surface area (Å²) < 4.78 is 12.1. The lowest BCUT2D eigenvalue weighted by Gasteiger charge is -2.43. The van der Waals surface area contributed by atoms with Crippen molar-refractivity contribution in [3.8, 4) is 0 Å². The molecule has 1 aromatic rings. The van der Waals surface area contributed by atoms with Crippen molar-refractivity contribution in [3.63, 3.8) is 0 Å². The van der Waals surface area contributed by atoms with Crippen LogP contribution in [0.1, 0.15) is 25.0 Å². The fourth-order valence-electron chi connectivity index (χ4n) is 3.81. The van der Waals surface area contributed by atoms with Gasteiger partial charge >= 0.3 is 0 Å². The number of ketones is 1. The number of carbonyl (C=O) groups is 1. The van der Waals surface area contributed by atoms with Crippen LogP contribution < -0.4 is 0 Å². The van der Waals surface area contributed by atoms with Gasteiger partial charge < -0.3 is 9.47 Å². The summed E-state index contributed by atoms with van der Waals surface area (Å²) in [6, 6.07) is 10.00.